The number of nitrogens with zero attached hydrogens (tertiary/aromatic N) is 1. The van der Waals surface area contributed by atoms with Gasteiger partial charge in [0.1, 0.15) is 0 Å². The van der Waals surface area contributed by atoms with Crippen LogP contribution in [-0.4, -0.2) is 13.1 Å². The van der Waals surface area contributed by atoms with Gasteiger partial charge in [-0.05, 0) is 31.0 Å². The van der Waals surface area contributed by atoms with Gasteiger partial charge in [-0.1, -0.05) is 38.3 Å². The molecule has 0 saturated heterocycles. The predicted octanol–water partition coefficient (Wildman–Crippen LogP) is 4.18. The van der Waals surface area contributed by atoms with Gasteiger partial charge in [0.05, 0.1) is 11.4 Å². The number of hydrogen-bond acceptors (Lipinski definition) is 2. The van der Waals surface area contributed by atoms with Gasteiger partial charge in [0.25, 0.3) is 0 Å². The van der Waals surface area contributed by atoms with Crippen LogP contribution in [0.3, 0.4) is 0 Å². The molecule has 96 valence electrons. The highest BCUT2D eigenvalue weighted by atomic mass is 35.5. The van der Waals surface area contributed by atoms with Crippen LogP contribution >= 0.6 is 11.6 Å². The minimum absolute atomic E-state index is 0.716. The van der Waals surface area contributed by atoms with Gasteiger partial charge in [-0.3, -0.25) is 0 Å². The quantitative estimate of drug-likeness (QED) is 0.772. The lowest BCUT2D eigenvalue weighted by molar-refractivity contribution is 0.486. The standard InChI is InChI=1S/C14H23ClN2/c1-4-11(5-2)10-17(6-3)14-9-12(15)7-8-13(14)16/h7-9,11H,4-6,10,16H2,1-3H3. The molecule has 0 aliphatic carbocycles. The second-order valence-electron chi connectivity index (χ2n) is 4.42. The van der Waals surface area contributed by atoms with E-state index in [0.717, 1.165) is 29.5 Å². The molecule has 0 bridgehead atoms. The molecule has 2 nitrogen and oxygen atoms in total. The van der Waals surface area contributed by atoms with E-state index in [1.807, 2.05) is 18.2 Å². The van der Waals surface area contributed by atoms with Crippen molar-refractivity contribution in [2.75, 3.05) is 23.7 Å². The molecule has 0 heterocycles. The molecule has 1 aromatic carbocycles. The Bertz CT molecular complexity index is 348. The Morgan fingerprint density at radius 3 is 2.41 bits per heavy atom. The van der Waals surface area contributed by atoms with Crippen LogP contribution in [0, 0.1) is 5.92 Å². The smallest absolute Gasteiger partial charge is 0.0614 e. The maximum atomic E-state index is 6.04. The van der Waals surface area contributed by atoms with Crippen molar-refractivity contribution in [3.8, 4) is 0 Å². The first-order valence-electron chi connectivity index (χ1n) is 6.42. The van der Waals surface area contributed by atoms with Crippen molar-refractivity contribution in [2.24, 2.45) is 5.92 Å². The average molecular weight is 255 g/mol. The third-order valence-corrected chi connectivity index (χ3v) is 3.58. The first-order valence-corrected chi connectivity index (χ1v) is 6.80. The molecular formula is C14H23ClN2. The van der Waals surface area contributed by atoms with Crippen LogP contribution in [0.5, 0.6) is 0 Å². The zero-order valence-electron chi connectivity index (χ0n) is 11.0. The maximum Gasteiger partial charge on any atom is 0.0614 e. The highest BCUT2D eigenvalue weighted by molar-refractivity contribution is 6.31. The monoisotopic (exact) mass is 254 g/mol. The van der Waals surface area contributed by atoms with Crippen LogP contribution < -0.4 is 10.6 Å². The Morgan fingerprint density at radius 1 is 1.24 bits per heavy atom. The molecule has 0 aromatic heterocycles. The zero-order valence-corrected chi connectivity index (χ0v) is 11.8. The molecule has 17 heavy (non-hydrogen) atoms. The number of benzene rings is 1. The van der Waals surface area contributed by atoms with Gasteiger partial charge in [-0.15, -0.1) is 0 Å². The highest BCUT2D eigenvalue weighted by Crippen LogP contribution is 2.28. The predicted molar refractivity (Wildman–Crippen MR) is 77.8 cm³/mol. The maximum absolute atomic E-state index is 6.04. The lowest BCUT2D eigenvalue weighted by Gasteiger charge is -2.28. The van der Waals surface area contributed by atoms with Crippen molar-refractivity contribution >= 4 is 23.0 Å². The lowest BCUT2D eigenvalue weighted by Crippen LogP contribution is -2.29. The molecule has 0 fully saturated rings. The molecule has 2 N–H and O–H groups in total. The van der Waals surface area contributed by atoms with Crippen molar-refractivity contribution in [3.05, 3.63) is 23.2 Å². The summed E-state index contributed by atoms with van der Waals surface area (Å²) in [4.78, 5) is 2.32. The number of nitrogens with two attached hydrogens (primary N) is 1. The number of rotatable bonds is 6. The third kappa shape index (κ3) is 3.81. The Morgan fingerprint density at radius 2 is 1.88 bits per heavy atom. The van der Waals surface area contributed by atoms with E-state index in [1.54, 1.807) is 0 Å². The van der Waals surface area contributed by atoms with Crippen LogP contribution in [0.25, 0.3) is 0 Å². The minimum Gasteiger partial charge on any atom is -0.397 e. The molecule has 0 spiro atoms. The molecular weight excluding hydrogens is 232 g/mol. The fourth-order valence-electron chi connectivity index (χ4n) is 2.05. The van der Waals surface area contributed by atoms with Crippen molar-refractivity contribution in [2.45, 2.75) is 33.6 Å². The van der Waals surface area contributed by atoms with E-state index in [2.05, 4.69) is 25.7 Å². The highest BCUT2D eigenvalue weighted by Gasteiger charge is 2.13. The van der Waals surface area contributed by atoms with E-state index < -0.39 is 0 Å². The summed E-state index contributed by atoms with van der Waals surface area (Å²) < 4.78 is 0. The van der Waals surface area contributed by atoms with Crippen molar-refractivity contribution in [3.63, 3.8) is 0 Å². The van der Waals surface area contributed by atoms with Gasteiger partial charge in [0, 0.05) is 18.1 Å². The van der Waals surface area contributed by atoms with Crippen LogP contribution in [0.2, 0.25) is 5.02 Å². The largest absolute Gasteiger partial charge is 0.397 e. The molecule has 1 rings (SSSR count). The van der Waals surface area contributed by atoms with E-state index in [1.165, 1.54) is 12.8 Å². The molecule has 0 amide bonds. The minimum atomic E-state index is 0.716. The van der Waals surface area contributed by atoms with Gasteiger partial charge in [-0.2, -0.15) is 0 Å². The zero-order chi connectivity index (χ0) is 12.8. The Labute approximate surface area is 110 Å². The summed E-state index contributed by atoms with van der Waals surface area (Å²) in [6.45, 7) is 8.64. The Balaban J connectivity index is 2.89. The number of anilines is 2. The van der Waals surface area contributed by atoms with Gasteiger partial charge in [-0.25, -0.2) is 0 Å². The summed E-state index contributed by atoms with van der Waals surface area (Å²) in [5, 5.41) is 0.747. The van der Waals surface area contributed by atoms with E-state index in [4.69, 9.17) is 17.3 Å². The normalized spacial score (nSPS) is 10.9. The number of hydrogen-bond donors (Lipinski definition) is 1. The van der Waals surface area contributed by atoms with E-state index in [0.29, 0.717) is 5.92 Å². The summed E-state index contributed by atoms with van der Waals surface area (Å²) in [5.41, 5.74) is 7.89. The third-order valence-electron chi connectivity index (χ3n) is 3.35. The Kier molecular flexibility index (Phi) is 5.63. The summed E-state index contributed by atoms with van der Waals surface area (Å²) in [7, 11) is 0. The van der Waals surface area contributed by atoms with Crippen molar-refractivity contribution in [1.29, 1.82) is 0 Å². The summed E-state index contributed by atoms with van der Waals surface area (Å²) in [6, 6.07) is 5.68. The van der Waals surface area contributed by atoms with Gasteiger partial charge in [0.15, 0.2) is 0 Å². The Hall–Kier alpha value is -0.890. The van der Waals surface area contributed by atoms with Crippen molar-refractivity contribution in [1.82, 2.24) is 0 Å². The summed E-state index contributed by atoms with van der Waals surface area (Å²) in [6.07, 6.45) is 2.40. The van der Waals surface area contributed by atoms with Crippen LogP contribution in [-0.2, 0) is 0 Å². The van der Waals surface area contributed by atoms with Crippen molar-refractivity contribution < 1.29 is 0 Å². The van der Waals surface area contributed by atoms with Crippen LogP contribution in [0.1, 0.15) is 33.6 Å². The van der Waals surface area contributed by atoms with Crippen LogP contribution in [0.15, 0.2) is 18.2 Å². The van der Waals surface area contributed by atoms with Crippen LogP contribution in [0.4, 0.5) is 11.4 Å². The molecule has 0 saturated carbocycles. The first-order chi connectivity index (χ1) is 8.12. The fourth-order valence-corrected chi connectivity index (χ4v) is 2.21. The SMILES string of the molecule is CCC(CC)CN(CC)c1cc(Cl)ccc1N. The lowest BCUT2D eigenvalue weighted by atomic mass is 10.0. The van der Waals surface area contributed by atoms with Gasteiger partial charge < -0.3 is 10.6 Å². The van der Waals surface area contributed by atoms with E-state index in [-0.39, 0.29) is 0 Å². The van der Waals surface area contributed by atoms with Gasteiger partial charge >= 0.3 is 0 Å². The summed E-state index contributed by atoms with van der Waals surface area (Å²) in [5.74, 6) is 0.716. The molecule has 0 radical (unpaired) electrons. The van der Waals surface area contributed by atoms with E-state index in [9.17, 15) is 0 Å². The number of nitrogen functional groups attached to an aromatic ring is 1. The summed E-state index contributed by atoms with van der Waals surface area (Å²) >= 11 is 6.04. The van der Waals surface area contributed by atoms with E-state index >= 15 is 0 Å². The topological polar surface area (TPSA) is 29.3 Å². The molecule has 1 aromatic rings. The molecule has 0 aliphatic heterocycles. The average Bonchev–Trinajstić information content (AvgIpc) is 2.34. The first kappa shape index (κ1) is 14.2. The molecule has 3 heteroatoms. The molecule has 0 aliphatic rings. The number of halogens is 1. The molecule has 0 unspecified atom stereocenters. The molecule has 0 atom stereocenters. The second-order valence-corrected chi connectivity index (χ2v) is 4.86. The fraction of sp³-hybridized carbons (Fsp3) is 0.571. The van der Waals surface area contributed by atoms with Gasteiger partial charge in [0.2, 0.25) is 0 Å². The second kappa shape index (κ2) is 6.75.